The van der Waals surface area contributed by atoms with Crippen LogP contribution in [-0.2, 0) is 20.7 Å². The average molecular weight is 478 g/mol. The number of nitrogens with two attached hydrogens (primary N) is 1. The minimum atomic E-state index is -1.55. The summed E-state index contributed by atoms with van der Waals surface area (Å²) >= 11 is 0. The first-order chi connectivity index (χ1) is 15.9. The first kappa shape index (κ1) is 27.3. The number of aliphatic hydroxyl groups excluding tert-OH is 3. The maximum atomic E-state index is 12.7. The molecule has 1 aromatic carbocycles. The number of hydrogen-bond donors (Lipinski definition) is 6. The molecular weight excluding hydrogens is 442 g/mol. The molecule has 10 nitrogen and oxygen atoms in total. The Hall–Kier alpha value is -2.95. The highest BCUT2D eigenvalue weighted by molar-refractivity contribution is 5.95. The van der Waals surface area contributed by atoms with Gasteiger partial charge in [0.15, 0.2) is 5.96 Å². The predicted octanol–water partition coefficient (Wildman–Crippen LogP) is 0.506. The number of ether oxygens (including phenoxy) is 1. The fourth-order valence-electron chi connectivity index (χ4n) is 3.79. The molecule has 1 heterocycles. The Balaban J connectivity index is 2.15. The molecule has 1 amide bonds. The Labute approximate surface area is 199 Å². The van der Waals surface area contributed by atoms with Gasteiger partial charge < -0.3 is 36.2 Å². The minimum Gasteiger partial charge on any atom is -0.480 e. The van der Waals surface area contributed by atoms with Crippen molar-refractivity contribution < 1.29 is 34.8 Å². The maximum absolute atomic E-state index is 12.7. The quantitative estimate of drug-likeness (QED) is 0.219. The van der Waals surface area contributed by atoms with Crippen LogP contribution in [0.5, 0.6) is 0 Å². The van der Waals surface area contributed by atoms with Gasteiger partial charge in [0.05, 0.1) is 18.6 Å². The number of benzene rings is 1. The second-order valence-corrected chi connectivity index (χ2v) is 9.08. The zero-order valence-electron chi connectivity index (χ0n) is 19.9. The Kier molecular flexibility index (Phi) is 9.60. The van der Waals surface area contributed by atoms with Crippen LogP contribution in [0.15, 0.2) is 41.1 Å². The monoisotopic (exact) mass is 477 g/mol. The molecule has 0 saturated carbocycles. The Morgan fingerprint density at radius 1 is 1.18 bits per heavy atom. The number of rotatable bonds is 9. The number of aliphatic carboxylic acids is 1. The van der Waals surface area contributed by atoms with Gasteiger partial charge >= 0.3 is 5.97 Å². The third-order valence-electron chi connectivity index (χ3n) is 5.85. The van der Waals surface area contributed by atoms with Gasteiger partial charge in [-0.1, -0.05) is 45.0 Å². The molecule has 0 aromatic heterocycles. The molecule has 7 N–H and O–H groups in total. The molecule has 0 fully saturated rings. The number of amides is 1. The normalized spacial score (nSPS) is 23.5. The van der Waals surface area contributed by atoms with Gasteiger partial charge in [0, 0.05) is 5.92 Å². The van der Waals surface area contributed by atoms with Gasteiger partial charge in [-0.25, -0.2) is 4.79 Å². The van der Waals surface area contributed by atoms with Crippen molar-refractivity contribution in [2.75, 3.05) is 6.61 Å². The van der Waals surface area contributed by atoms with Crippen LogP contribution in [0.2, 0.25) is 0 Å². The highest BCUT2D eigenvalue weighted by atomic mass is 16.5. The summed E-state index contributed by atoms with van der Waals surface area (Å²) < 4.78 is 5.32. The lowest BCUT2D eigenvalue weighted by Gasteiger charge is -2.38. The fraction of sp³-hybridized carbons (Fsp3) is 0.542. The zero-order chi connectivity index (χ0) is 25.6. The number of carbonyl (C=O) groups is 2. The molecular formula is C24H35N3O7. The summed E-state index contributed by atoms with van der Waals surface area (Å²) in [6, 6.07) is 6.98. The average Bonchev–Trinajstić information content (AvgIpc) is 2.78. The third kappa shape index (κ3) is 7.02. The van der Waals surface area contributed by atoms with Crippen LogP contribution in [0.4, 0.5) is 0 Å². The van der Waals surface area contributed by atoms with E-state index in [-0.39, 0.29) is 5.96 Å². The number of nitrogens with zero attached hydrogens (tertiary/aromatic N) is 1. The predicted molar refractivity (Wildman–Crippen MR) is 126 cm³/mol. The van der Waals surface area contributed by atoms with Crippen LogP contribution in [-0.4, -0.2) is 69.2 Å². The highest BCUT2D eigenvalue weighted by Crippen LogP contribution is 2.27. The summed E-state index contributed by atoms with van der Waals surface area (Å²) in [4.78, 5) is 28.1. The Morgan fingerprint density at radius 3 is 2.32 bits per heavy atom. The molecule has 0 bridgehead atoms. The molecule has 1 aliphatic heterocycles. The summed E-state index contributed by atoms with van der Waals surface area (Å²) in [5.74, 6) is -3.14. The topological polar surface area (TPSA) is 175 Å². The summed E-state index contributed by atoms with van der Waals surface area (Å²) in [5.41, 5.74) is 7.92. The molecule has 1 aliphatic rings. The van der Waals surface area contributed by atoms with E-state index in [4.69, 9.17) is 15.6 Å². The number of nitrogens with one attached hydrogen (secondary N) is 1. The van der Waals surface area contributed by atoms with E-state index >= 15 is 0 Å². The van der Waals surface area contributed by atoms with Crippen molar-refractivity contribution in [3.05, 3.63) is 47.2 Å². The number of hydrogen-bond acceptors (Lipinski definition) is 6. The molecule has 0 unspecified atom stereocenters. The van der Waals surface area contributed by atoms with Crippen molar-refractivity contribution in [2.24, 2.45) is 22.6 Å². The first-order valence-electron chi connectivity index (χ1n) is 11.3. The van der Waals surface area contributed by atoms with Gasteiger partial charge in [-0.05, 0) is 36.5 Å². The van der Waals surface area contributed by atoms with Crippen LogP contribution in [0.3, 0.4) is 0 Å². The number of carboxylic acids is 1. The number of guanidine groups is 1. The maximum Gasteiger partial charge on any atom is 0.370 e. The highest BCUT2D eigenvalue weighted by Gasteiger charge is 2.40. The zero-order valence-corrected chi connectivity index (χ0v) is 19.9. The number of aliphatic hydroxyl groups is 3. The van der Waals surface area contributed by atoms with Gasteiger partial charge in [-0.3, -0.25) is 4.79 Å². The van der Waals surface area contributed by atoms with Gasteiger partial charge in [-0.2, -0.15) is 4.99 Å². The molecule has 10 heteroatoms. The van der Waals surface area contributed by atoms with Crippen LogP contribution in [0.25, 0.3) is 0 Å². The van der Waals surface area contributed by atoms with Gasteiger partial charge in [0.2, 0.25) is 5.76 Å². The van der Waals surface area contributed by atoms with E-state index in [9.17, 15) is 24.9 Å². The van der Waals surface area contributed by atoms with Crippen molar-refractivity contribution in [3.8, 4) is 0 Å². The van der Waals surface area contributed by atoms with Crippen molar-refractivity contribution in [3.63, 3.8) is 0 Å². The van der Waals surface area contributed by atoms with Crippen LogP contribution in [0.1, 0.15) is 44.7 Å². The van der Waals surface area contributed by atoms with Gasteiger partial charge in [0.1, 0.15) is 18.3 Å². The molecule has 0 aliphatic carbocycles. The summed E-state index contributed by atoms with van der Waals surface area (Å²) in [6.07, 6.45) is -2.03. The number of carbonyl (C=O) groups excluding carboxylic acids is 1. The lowest BCUT2D eigenvalue weighted by atomic mass is 9.87. The lowest BCUT2D eigenvalue weighted by molar-refractivity contribution is -0.147. The summed E-state index contributed by atoms with van der Waals surface area (Å²) in [5, 5.41) is 41.3. The van der Waals surface area contributed by atoms with Crippen molar-refractivity contribution in [1.82, 2.24) is 5.32 Å². The summed E-state index contributed by atoms with van der Waals surface area (Å²) in [7, 11) is 0. The van der Waals surface area contributed by atoms with E-state index in [1.165, 1.54) is 11.6 Å². The molecule has 1 aromatic rings. The largest absolute Gasteiger partial charge is 0.480 e. The SMILES string of the molecule is CC(C)Cc1ccc([C@H](C)C(=O)/N=C(/N)N[C@H]2C=C(C(=O)O)O[C@@H]([C@H](O)[C@H](O)CO)[C@@H]2C)cc1. The smallest absolute Gasteiger partial charge is 0.370 e. The van der Waals surface area contributed by atoms with E-state index in [0.717, 1.165) is 12.0 Å². The second kappa shape index (κ2) is 12.0. The molecule has 34 heavy (non-hydrogen) atoms. The number of aliphatic imine (C=N–C) groups is 1. The van der Waals surface area contributed by atoms with Gasteiger partial charge in [-0.15, -0.1) is 0 Å². The van der Waals surface area contributed by atoms with E-state index in [2.05, 4.69) is 24.2 Å². The first-order valence-corrected chi connectivity index (χ1v) is 11.3. The van der Waals surface area contributed by atoms with Crippen molar-refractivity contribution >= 4 is 17.8 Å². The number of carboxylic acid groups (broad SMARTS) is 1. The molecule has 6 atom stereocenters. The molecule has 2 rings (SSSR count). The van der Waals surface area contributed by atoms with Crippen molar-refractivity contribution in [1.29, 1.82) is 0 Å². The summed E-state index contributed by atoms with van der Waals surface area (Å²) in [6.45, 7) is 6.90. The Morgan fingerprint density at radius 2 is 1.79 bits per heavy atom. The third-order valence-corrected chi connectivity index (χ3v) is 5.85. The minimum absolute atomic E-state index is 0.219. The van der Waals surface area contributed by atoms with E-state index in [1.54, 1.807) is 13.8 Å². The van der Waals surface area contributed by atoms with Crippen LogP contribution in [0, 0.1) is 11.8 Å². The lowest BCUT2D eigenvalue weighted by Crippen LogP contribution is -2.54. The van der Waals surface area contributed by atoms with E-state index < -0.39 is 60.4 Å². The fourth-order valence-corrected chi connectivity index (χ4v) is 3.79. The molecule has 0 saturated heterocycles. The van der Waals surface area contributed by atoms with Crippen molar-refractivity contribution in [2.45, 2.75) is 64.4 Å². The van der Waals surface area contributed by atoms with E-state index in [0.29, 0.717) is 5.92 Å². The molecule has 188 valence electrons. The van der Waals surface area contributed by atoms with Gasteiger partial charge in [0.25, 0.3) is 5.91 Å². The molecule has 0 spiro atoms. The molecule has 0 radical (unpaired) electrons. The second-order valence-electron chi connectivity index (χ2n) is 9.08. The van der Waals surface area contributed by atoms with E-state index in [1.807, 2.05) is 24.3 Å². The Bertz CT molecular complexity index is 914. The van der Waals surface area contributed by atoms with Crippen LogP contribution >= 0.6 is 0 Å². The van der Waals surface area contributed by atoms with Crippen LogP contribution < -0.4 is 11.1 Å². The standard InChI is InChI=1S/C24H35N3O7/c1-12(2)9-15-5-7-16(8-6-15)13(3)22(31)27-24(25)26-17-10-19(23(32)33)34-21(14(17)4)20(30)18(29)11-28/h5-8,10,12-14,17-18,20-21,28-30H,9,11H2,1-4H3,(H,32,33)(H3,25,26,27,31)/t13-,14+,17-,18+,20+,21+/m0/s1.